The Balaban J connectivity index is 2.03. The van der Waals surface area contributed by atoms with Crippen LogP contribution in [0.3, 0.4) is 0 Å². The van der Waals surface area contributed by atoms with Crippen molar-refractivity contribution in [3.05, 3.63) is 126 Å². The largest absolute Gasteiger partial charge is 0.478 e. The van der Waals surface area contributed by atoms with Crippen molar-refractivity contribution in [2.45, 2.75) is 26.4 Å². The minimum atomic E-state index is -2.59. The van der Waals surface area contributed by atoms with E-state index in [4.69, 9.17) is 9.48 Å². The molecular weight excluding hydrogens is 493 g/mol. The minimum Gasteiger partial charge on any atom is -0.478 e. The second kappa shape index (κ2) is 11.5. The zero-order valence-corrected chi connectivity index (χ0v) is 22.5. The fourth-order valence-corrected chi connectivity index (χ4v) is 7.68. The molecule has 0 heterocycles. The van der Waals surface area contributed by atoms with E-state index in [1.165, 1.54) is 12.1 Å². The van der Waals surface area contributed by atoms with Gasteiger partial charge in [-0.3, -0.25) is 4.74 Å². The maximum Gasteiger partial charge on any atom is 0.335 e. The molecule has 0 amide bonds. The van der Waals surface area contributed by atoms with Gasteiger partial charge in [0.2, 0.25) is 0 Å². The number of carboxylic acid groups (broad SMARTS) is 1. The van der Waals surface area contributed by atoms with Gasteiger partial charge in [-0.15, -0.1) is 0 Å². The Morgan fingerprint density at radius 1 is 0.763 bits per heavy atom. The van der Waals surface area contributed by atoms with Crippen molar-refractivity contribution >= 4 is 46.7 Å². The van der Waals surface area contributed by atoms with Gasteiger partial charge in [-0.2, -0.15) is 0 Å². The maximum atomic E-state index is 12.5. The van der Waals surface area contributed by atoms with Crippen molar-refractivity contribution in [3.8, 4) is 0 Å². The first-order valence-electron chi connectivity index (χ1n) is 12.3. The summed E-state index contributed by atoms with van der Waals surface area (Å²) < 4.78 is 10.9. The van der Waals surface area contributed by atoms with Crippen molar-refractivity contribution in [2.24, 2.45) is 4.74 Å². The topological polar surface area (TPSA) is 76.0 Å². The second-order valence-corrected chi connectivity index (χ2v) is 12.7. The molecule has 5 nitrogen and oxygen atoms in total. The van der Waals surface area contributed by atoms with Crippen molar-refractivity contribution in [1.82, 2.24) is 0 Å². The summed E-state index contributed by atoms with van der Waals surface area (Å²) >= 11 is 0. The molecule has 0 aromatic heterocycles. The standard InChI is InChI=1S/C32H30NO4P/c1-32(2,3)37-30(34)22-20-24-23-25(31(35)36)19-21-29(24)33-38(26-13-7-4-8-14-26,27-15-9-5-10-16-27)28-17-11-6-12-18-28/h4-23H,1-3H3,(H,35,36). The van der Waals surface area contributed by atoms with Gasteiger partial charge >= 0.3 is 11.9 Å². The third-order valence-corrected chi connectivity index (χ3v) is 9.38. The van der Waals surface area contributed by atoms with Gasteiger partial charge in [0.25, 0.3) is 0 Å². The lowest BCUT2D eigenvalue weighted by Gasteiger charge is -2.27. The van der Waals surface area contributed by atoms with Crippen LogP contribution in [0.5, 0.6) is 0 Å². The highest BCUT2D eigenvalue weighted by atomic mass is 31.2. The zero-order chi connectivity index (χ0) is 27.2. The van der Waals surface area contributed by atoms with E-state index in [9.17, 15) is 14.7 Å². The van der Waals surface area contributed by atoms with Gasteiger partial charge in [0.15, 0.2) is 0 Å². The molecule has 0 bridgehead atoms. The SMILES string of the molecule is CC(C)(C)OC(=O)C=Cc1cc(C(=O)O)ccc1N=P(c1ccccc1)(c1ccccc1)c1ccccc1. The summed E-state index contributed by atoms with van der Waals surface area (Å²) in [4.78, 5) is 24.3. The molecule has 0 unspecified atom stereocenters. The van der Waals surface area contributed by atoms with Crippen LogP contribution in [0.25, 0.3) is 6.08 Å². The quantitative estimate of drug-likeness (QED) is 0.169. The molecular formula is C32H30NO4P. The lowest BCUT2D eigenvalue weighted by molar-refractivity contribution is -0.148. The Morgan fingerprint density at radius 2 is 1.24 bits per heavy atom. The molecule has 0 radical (unpaired) electrons. The molecule has 192 valence electrons. The van der Waals surface area contributed by atoms with E-state index < -0.39 is 24.6 Å². The number of ether oxygens (including phenoxy) is 1. The minimum absolute atomic E-state index is 0.107. The van der Waals surface area contributed by atoms with Gasteiger partial charge in [0.05, 0.1) is 18.3 Å². The van der Waals surface area contributed by atoms with Crippen LogP contribution >= 0.6 is 7.05 Å². The lowest BCUT2D eigenvalue weighted by atomic mass is 10.1. The van der Waals surface area contributed by atoms with Crippen LogP contribution < -0.4 is 15.9 Å². The first-order valence-corrected chi connectivity index (χ1v) is 14.0. The Hall–Kier alpha value is -4.21. The zero-order valence-electron chi connectivity index (χ0n) is 21.6. The molecule has 0 aliphatic rings. The fourth-order valence-electron chi connectivity index (χ4n) is 4.12. The molecule has 0 spiro atoms. The highest BCUT2D eigenvalue weighted by molar-refractivity contribution is 7.87. The van der Waals surface area contributed by atoms with Crippen LogP contribution in [-0.2, 0) is 9.53 Å². The molecule has 6 heteroatoms. The number of carbonyl (C=O) groups excluding carboxylic acids is 1. The molecule has 0 atom stereocenters. The van der Waals surface area contributed by atoms with Crippen molar-refractivity contribution < 1.29 is 19.4 Å². The van der Waals surface area contributed by atoms with Crippen LogP contribution in [0.2, 0.25) is 0 Å². The average Bonchev–Trinajstić information content (AvgIpc) is 2.91. The van der Waals surface area contributed by atoms with Crippen LogP contribution in [0.4, 0.5) is 5.69 Å². The molecule has 38 heavy (non-hydrogen) atoms. The third-order valence-electron chi connectivity index (χ3n) is 5.73. The van der Waals surface area contributed by atoms with Gasteiger partial charge < -0.3 is 9.84 Å². The van der Waals surface area contributed by atoms with Crippen LogP contribution in [0, 0.1) is 0 Å². The molecule has 4 aromatic rings. The van der Waals surface area contributed by atoms with Crippen molar-refractivity contribution in [3.63, 3.8) is 0 Å². The summed E-state index contributed by atoms with van der Waals surface area (Å²) in [5, 5.41) is 12.8. The van der Waals surface area contributed by atoms with Gasteiger partial charge in [-0.1, -0.05) is 91.0 Å². The lowest BCUT2D eigenvalue weighted by Crippen LogP contribution is -2.25. The summed E-state index contributed by atoms with van der Waals surface area (Å²) in [6.07, 6.45) is 2.90. The molecule has 0 aliphatic carbocycles. The Labute approximate surface area is 223 Å². The Kier molecular flexibility index (Phi) is 8.09. The van der Waals surface area contributed by atoms with Gasteiger partial charge in [-0.05, 0) is 45.0 Å². The first kappa shape index (κ1) is 26.8. The fraction of sp³-hybridized carbons (Fsp3) is 0.125. The number of carbonyl (C=O) groups is 2. The second-order valence-electron chi connectivity index (χ2n) is 9.69. The van der Waals surface area contributed by atoms with E-state index in [1.807, 2.05) is 54.6 Å². The number of carboxylic acids is 1. The summed E-state index contributed by atoms with van der Waals surface area (Å²) in [7, 11) is -2.59. The van der Waals surface area contributed by atoms with Gasteiger partial charge in [0, 0.05) is 27.6 Å². The third kappa shape index (κ3) is 6.19. The number of aromatic carboxylic acids is 1. The Bertz CT molecular complexity index is 1400. The molecule has 0 saturated heterocycles. The molecule has 0 fully saturated rings. The number of rotatable bonds is 7. The van der Waals surface area contributed by atoms with Gasteiger partial charge in [0.1, 0.15) is 5.60 Å². The van der Waals surface area contributed by atoms with E-state index in [-0.39, 0.29) is 5.56 Å². The highest BCUT2D eigenvalue weighted by Gasteiger charge is 2.28. The predicted octanol–water partition coefficient (Wildman–Crippen LogP) is 6.55. The molecule has 0 saturated carbocycles. The summed E-state index contributed by atoms with van der Waals surface area (Å²) in [6, 6.07) is 35.2. The van der Waals surface area contributed by atoms with Crippen LogP contribution in [-0.4, -0.2) is 22.6 Å². The van der Waals surface area contributed by atoms with E-state index in [0.29, 0.717) is 11.3 Å². The van der Waals surface area contributed by atoms with Crippen molar-refractivity contribution in [2.75, 3.05) is 0 Å². The number of benzene rings is 4. The van der Waals surface area contributed by atoms with Crippen molar-refractivity contribution in [1.29, 1.82) is 0 Å². The maximum absolute atomic E-state index is 12.5. The Morgan fingerprint density at radius 3 is 1.66 bits per heavy atom. The predicted molar refractivity (Wildman–Crippen MR) is 156 cm³/mol. The normalized spacial score (nSPS) is 11.8. The number of esters is 1. The number of hydrogen-bond donors (Lipinski definition) is 1. The molecule has 4 rings (SSSR count). The summed E-state index contributed by atoms with van der Waals surface area (Å²) in [5.41, 5.74) is 0.560. The van der Waals surface area contributed by atoms with E-state index in [0.717, 1.165) is 15.9 Å². The highest BCUT2D eigenvalue weighted by Crippen LogP contribution is 2.50. The monoisotopic (exact) mass is 523 g/mol. The smallest absolute Gasteiger partial charge is 0.335 e. The first-order chi connectivity index (χ1) is 18.2. The van der Waals surface area contributed by atoms with Gasteiger partial charge in [-0.25, -0.2) is 9.59 Å². The summed E-state index contributed by atoms with van der Waals surface area (Å²) in [5.74, 6) is -1.57. The number of nitrogens with zero attached hydrogens (tertiary/aromatic N) is 1. The van der Waals surface area contributed by atoms with Crippen LogP contribution in [0.15, 0.2) is 120 Å². The molecule has 4 aromatic carbocycles. The van der Waals surface area contributed by atoms with E-state index in [1.54, 1.807) is 39.0 Å². The summed E-state index contributed by atoms with van der Waals surface area (Å²) in [6.45, 7) is 5.38. The number of hydrogen-bond acceptors (Lipinski definition) is 4. The van der Waals surface area contributed by atoms with E-state index in [2.05, 4.69) is 36.4 Å². The molecule has 0 aliphatic heterocycles. The van der Waals surface area contributed by atoms with E-state index >= 15 is 0 Å². The molecule has 1 N–H and O–H groups in total. The van der Waals surface area contributed by atoms with Crippen LogP contribution in [0.1, 0.15) is 36.7 Å². The average molecular weight is 524 g/mol.